The molecule has 20 heavy (non-hydrogen) atoms. The molecule has 1 aromatic carbocycles. The van der Waals surface area contributed by atoms with Crippen molar-refractivity contribution in [3.8, 4) is 5.75 Å². The van der Waals surface area contributed by atoms with E-state index < -0.39 is 0 Å². The lowest BCUT2D eigenvalue weighted by molar-refractivity contribution is 0.0288. The average Bonchev–Trinajstić information content (AvgIpc) is 2.39. The standard InChI is InChI=1S/C15H22N2O2S/c1-11(2)19-13-5-3-4-12(10-13)14(15(16)20)17-6-8-18-9-7-17/h3-5,10-11,14H,6-9H2,1-2H3,(H2,16,20). The first kappa shape index (κ1) is 15.2. The minimum Gasteiger partial charge on any atom is -0.491 e. The maximum Gasteiger partial charge on any atom is 0.120 e. The molecule has 0 amide bonds. The van der Waals surface area contributed by atoms with Crippen molar-refractivity contribution < 1.29 is 9.47 Å². The van der Waals surface area contributed by atoms with Crippen molar-refractivity contribution in [2.24, 2.45) is 5.73 Å². The van der Waals surface area contributed by atoms with Gasteiger partial charge in [-0.05, 0) is 31.5 Å². The van der Waals surface area contributed by atoms with Crippen LogP contribution in [0.3, 0.4) is 0 Å². The van der Waals surface area contributed by atoms with Gasteiger partial charge in [0.25, 0.3) is 0 Å². The Balaban J connectivity index is 2.22. The summed E-state index contributed by atoms with van der Waals surface area (Å²) >= 11 is 5.27. The molecule has 110 valence electrons. The Bertz CT molecular complexity index is 459. The zero-order chi connectivity index (χ0) is 14.5. The van der Waals surface area contributed by atoms with Gasteiger partial charge in [-0.15, -0.1) is 0 Å². The maximum absolute atomic E-state index is 5.96. The monoisotopic (exact) mass is 294 g/mol. The average molecular weight is 294 g/mol. The van der Waals surface area contributed by atoms with Gasteiger partial charge in [0.1, 0.15) is 5.75 Å². The van der Waals surface area contributed by atoms with Gasteiger partial charge in [0, 0.05) is 13.1 Å². The van der Waals surface area contributed by atoms with Crippen molar-refractivity contribution in [2.45, 2.75) is 26.0 Å². The molecule has 0 bridgehead atoms. The molecule has 1 aliphatic rings. The summed E-state index contributed by atoms with van der Waals surface area (Å²) in [6.45, 7) is 7.16. The van der Waals surface area contributed by atoms with Crippen LogP contribution in [0.4, 0.5) is 0 Å². The van der Waals surface area contributed by atoms with Crippen LogP contribution in [-0.2, 0) is 4.74 Å². The highest BCUT2D eigenvalue weighted by molar-refractivity contribution is 7.80. The zero-order valence-corrected chi connectivity index (χ0v) is 12.9. The molecular weight excluding hydrogens is 272 g/mol. The van der Waals surface area contributed by atoms with Crippen molar-refractivity contribution >= 4 is 17.2 Å². The molecule has 2 N–H and O–H groups in total. The molecular formula is C15H22N2O2S. The van der Waals surface area contributed by atoms with Crippen LogP contribution in [0.5, 0.6) is 5.75 Å². The minimum atomic E-state index is -0.0513. The quantitative estimate of drug-likeness (QED) is 0.843. The molecule has 1 saturated heterocycles. The number of nitrogens with zero attached hydrogens (tertiary/aromatic N) is 1. The van der Waals surface area contributed by atoms with Gasteiger partial charge >= 0.3 is 0 Å². The number of ether oxygens (including phenoxy) is 2. The molecule has 0 aromatic heterocycles. The van der Waals surface area contributed by atoms with E-state index in [9.17, 15) is 0 Å². The molecule has 0 spiro atoms. The first-order valence-electron chi connectivity index (χ1n) is 6.95. The van der Waals surface area contributed by atoms with E-state index in [1.165, 1.54) is 0 Å². The molecule has 4 nitrogen and oxygen atoms in total. The van der Waals surface area contributed by atoms with Gasteiger partial charge in [-0.3, -0.25) is 4.90 Å². The number of nitrogens with two attached hydrogens (primary N) is 1. The maximum atomic E-state index is 5.96. The molecule has 0 saturated carbocycles. The lowest BCUT2D eigenvalue weighted by Gasteiger charge is -2.34. The van der Waals surface area contributed by atoms with Crippen molar-refractivity contribution in [3.05, 3.63) is 29.8 Å². The Labute approximate surface area is 125 Å². The molecule has 1 aromatic rings. The van der Waals surface area contributed by atoms with Crippen molar-refractivity contribution in [1.82, 2.24) is 4.90 Å². The second kappa shape index (κ2) is 7.02. The first-order chi connectivity index (χ1) is 9.58. The van der Waals surface area contributed by atoms with E-state index in [0.717, 1.165) is 37.6 Å². The summed E-state index contributed by atoms with van der Waals surface area (Å²) < 4.78 is 11.1. The fourth-order valence-corrected chi connectivity index (χ4v) is 2.71. The van der Waals surface area contributed by atoms with Crippen molar-refractivity contribution in [1.29, 1.82) is 0 Å². The third-order valence-corrected chi connectivity index (χ3v) is 3.45. The molecule has 1 fully saturated rings. The van der Waals surface area contributed by atoms with Crippen LogP contribution in [0.15, 0.2) is 24.3 Å². The highest BCUT2D eigenvalue weighted by Crippen LogP contribution is 2.26. The molecule has 1 unspecified atom stereocenters. The predicted molar refractivity (Wildman–Crippen MR) is 84.1 cm³/mol. The number of morpholine rings is 1. The Morgan fingerprint density at radius 3 is 2.65 bits per heavy atom. The fraction of sp³-hybridized carbons (Fsp3) is 0.533. The highest BCUT2D eigenvalue weighted by atomic mass is 32.1. The summed E-state index contributed by atoms with van der Waals surface area (Å²) in [5.74, 6) is 0.854. The van der Waals surface area contributed by atoms with Gasteiger partial charge in [0.05, 0.1) is 30.3 Å². The predicted octanol–water partition coefficient (Wildman–Crippen LogP) is 2.13. The first-order valence-corrected chi connectivity index (χ1v) is 7.36. The van der Waals surface area contributed by atoms with Crippen LogP contribution in [0.1, 0.15) is 25.5 Å². The summed E-state index contributed by atoms with van der Waals surface area (Å²) in [6.07, 6.45) is 0.150. The Morgan fingerprint density at radius 1 is 1.35 bits per heavy atom. The SMILES string of the molecule is CC(C)Oc1cccc(C(C(N)=S)N2CCOCC2)c1. The molecule has 2 rings (SSSR count). The van der Waals surface area contributed by atoms with Crippen LogP contribution in [0.2, 0.25) is 0 Å². The van der Waals surface area contributed by atoms with Crippen LogP contribution in [0, 0.1) is 0 Å². The zero-order valence-electron chi connectivity index (χ0n) is 12.0. The number of hydrogen-bond donors (Lipinski definition) is 1. The van der Waals surface area contributed by atoms with Gasteiger partial charge in [-0.25, -0.2) is 0 Å². The fourth-order valence-electron chi connectivity index (χ4n) is 2.42. The number of benzene rings is 1. The molecule has 0 aliphatic carbocycles. The van der Waals surface area contributed by atoms with Gasteiger partial charge < -0.3 is 15.2 Å². The van der Waals surface area contributed by atoms with Crippen LogP contribution in [0.25, 0.3) is 0 Å². The Morgan fingerprint density at radius 2 is 2.05 bits per heavy atom. The van der Waals surface area contributed by atoms with E-state index in [1.807, 2.05) is 38.1 Å². The largest absolute Gasteiger partial charge is 0.491 e. The summed E-state index contributed by atoms with van der Waals surface area (Å²) in [7, 11) is 0. The van der Waals surface area contributed by atoms with E-state index >= 15 is 0 Å². The van der Waals surface area contributed by atoms with E-state index in [1.54, 1.807) is 0 Å². The van der Waals surface area contributed by atoms with Gasteiger partial charge in [0.2, 0.25) is 0 Å². The minimum absolute atomic E-state index is 0.0513. The third kappa shape index (κ3) is 3.91. The second-order valence-corrected chi connectivity index (χ2v) is 5.66. The van der Waals surface area contributed by atoms with E-state index in [0.29, 0.717) is 4.99 Å². The third-order valence-electron chi connectivity index (χ3n) is 3.23. The Kier molecular flexibility index (Phi) is 5.34. The lowest BCUT2D eigenvalue weighted by Crippen LogP contribution is -2.43. The molecule has 5 heteroatoms. The smallest absolute Gasteiger partial charge is 0.120 e. The van der Waals surface area contributed by atoms with Crippen LogP contribution >= 0.6 is 12.2 Å². The topological polar surface area (TPSA) is 47.7 Å². The van der Waals surface area contributed by atoms with E-state index in [2.05, 4.69) is 4.90 Å². The summed E-state index contributed by atoms with van der Waals surface area (Å²) in [5.41, 5.74) is 7.04. The van der Waals surface area contributed by atoms with Gasteiger partial charge in [-0.2, -0.15) is 0 Å². The van der Waals surface area contributed by atoms with Gasteiger partial charge in [-0.1, -0.05) is 24.4 Å². The van der Waals surface area contributed by atoms with Crippen molar-refractivity contribution in [3.63, 3.8) is 0 Å². The molecule has 1 atom stereocenters. The second-order valence-electron chi connectivity index (χ2n) is 5.19. The molecule has 1 aliphatic heterocycles. The normalized spacial score (nSPS) is 17.9. The Hall–Kier alpha value is -1.17. The van der Waals surface area contributed by atoms with Gasteiger partial charge in [0.15, 0.2) is 0 Å². The van der Waals surface area contributed by atoms with Crippen LogP contribution < -0.4 is 10.5 Å². The number of rotatable bonds is 5. The van der Waals surface area contributed by atoms with E-state index in [-0.39, 0.29) is 12.1 Å². The number of thiocarbonyl (C=S) groups is 1. The van der Waals surface area contributed by atoms with E-state index in [4.69, 9.17) is 27.4 Å². The summed E-state index contributed by atoms with van der Waals surface area (Å²) in [4.78, 5) is 2.76. The lowest BCUT2D eigenvalue weighted by atomic mass is 10.0. The molecule has 0 radical (unpaired) electrons. The van der Waals surface area contributed by atoms with Crippen LogP contribution in [-0.4, -0.2) is 42.3 Å². The summed E-state index contributed by atoms with van der Waals surface area (Å²) in [6, 6.07) is 7.97. The van der Waals surface area contributed by atoms with Crippen molar-refractivity contribution in [2.75, 3.05) is 26.3 Å². The molecule has 1 heterocycles. The number of hydrogen-bond acceptors (Lipinski definition) is 4. The highest BCUT2D eigenvalue weighted by Gasteiger charge is 2.25. The summed E-state index contributed by atoms with van der Waals surface area (Å²) in [5, 5.41) is 0.